The zero-order valence-electron chi connectivity index (χ0n) is 34.1. The Morgan fingerprint density at radius 2 is 1.49 bits per heavy atom. The van der Waals surface area contributed by atoms with E-state index in [0.717, 1.165) is 85.3 Å². The average Bonchev–Trinajstić information content (AvgIpc) is 3.88. The molecule has 0 radical (unpaired) electrons. The van der Waals surface area contributed by atoms with Crippen molar-refractivity contribution in [2.45, 2.75) is 58.5 Å². The fourth-order valence-corrected chi connectivity index (χ4v) is 7.66. The fraction of sp³-hybridized carbons (Fsp3) is 0.295. The van der Waals surface area contributed by atoms with Crippen LogP contribution < -0.4 is 35.4 Å². The molecule has 3 amide bonds. The number of carbonyl (C=O) groups excluding carboxylic acids is 2. The van der Waals surface area contributed by atoms with E-state index >= 15 is 0 Å². The molecule has 1 aromatic carbocycles. The summed E-state index contributed by atoms with van der Waals surface area (Å²) in [5, 5.41) is 9.36. The van der Waals surface area contributed by atoms with Crippen LogP contribution in [0.25, 0.3) is 11.3 Å². The van der Waals surface area contributed by atoms with E-state index in [0.29, 0.717) is 34.4 Å². The maximum Gasteiger partial charge on any atom is 0.418 e. The highest BCUT2D eigenvalue weighted by Gasteiger charge is 2.40. The monoisotopic (exact) mass is 839 g/mol. The number of hydrogen-bond acceptors (Lipinski definition) is 13. The summed E-state index contributed by atoms with van der Waals surface area (Å²) in [5.41, 5.74) is 6.68. The molecule has 4 aliphatic rings. The van der Waals surface area contributed by atoms with Gasteiger partial charge in [0.1, 0.15) is 10.9 Å². The van der Waals surface area contributed by atoms with Gasteiger partial charge in [-0.3, -0.25) is 30.5 Å². The van der Waals surface area contributed by atoms with Gasteiger partial charge in [0.25, 0.3) is 0 Å². The standard InChI is InChI=1S/C22H23N7O.C13H13N3O2.C9H10ClN3/c1-3-16-11-25-20(12-24-16)27-22(30)29-17-7-9-28(13-17)19-5-4-18(26-21(19)29)15-6-8-23-14(2)10-15;1-2-10-8-15-12(9-14-10)16-13(17)18-11-6-4-3-5-7-11;10-8-2-1-7-9(12-8)11-6-3-4-13(7)5-6/h4-6,8,10-12,17H,3,7,9,13H2,1-2H3,(H,25,27,30);3-9H,2H2,1H3,(H,15,16,17);1-2,6H,3-5H2,(H,11,12)/t17-;;6-/m0.0/s1. The summed E-state index contributed by atoms with van der Waals surface area (Å²) in [4.78, 5) is 61.5. The number of aryl methyl sites for hydroxylation is 3. The number of urea groups is 1. The number of rotatable bonds is 6. The van der Waals surface area contributed by atoms with E-state index in [-0.39, 0.29) is 12.1 Å². The number of ether oxygens (including phenoxy) is 1. The van der Waals surface area contributed by atoms with Crippen molar-refractivity contribution in [1.29, 1.82) is 0 Å². The van der Waals surface area contributed by atoms with Crippen molar-refractivity contribution >= 4 is 58.4 Å². The smallest absolute Gasteiger partial charge is 0.410 e. The molecule has 0 spiro atoms. The number of fused-ring (bicyclic) bond motifs is 8. The molecule has 10 rings (SSSR count). The third-order valence-corrected chi connectivity index (χ3v) is 10.8. The van der Waals surface area contributed by atoms with Gasteiger partial charge in [0.05, 0.1) is 59.3 Å². The van der Waals surface area contributed by atoms with Gasteiger partial charge in [0, 0.05) is 49.7 Å². The molecular weight excluding hydrogens is 794 g/mol. The number of halogens is 1. The van der Waals surface area contributed by atoms with Crippen LogP contribution in [-0.4, -0.2) is 85.3 Å². The van der Waals surface area contributed by atoms with Gasteiger partial charge < -0.3 is 19.9 Å². The number of aromatic nitrogens is 7. The van der Waals surface area contributed by atoms with Crippen LogP contribution in [0.1, 0.15) is 43.8 Å². The molecule has 61 heavy (non-hydrogen) atoms. The van der Waals surface area contributed by atoms with E-state index < -0.39 is 6.09 Å². The van der Waals surface area contributed by atoms with E-state index in [2.05, 4.69) is 61.7 Å². The Kier molecular flexibility index (Phi) is 12.4. The highest BCUT2D eigenvalue weighted by Crippen LogP contribution is 2.40. The number of hydrogen-bond donors (Lipinski definition) is 3. The van der Waals surface area contributed by atoms with Crippen molar-refractivity contribution in [2.75, 3.05) is 56.8 Å². The minimum Gasteiger partial charge on any atom is -0.410 e. The molecule has 0 unspecified atom stereocenters. The van der Waals surface area contributed by atoms with Crippen LogP contribution in [0, 0.1) is 6.92 Å². The second-order valence-electron chi connectivity index (χ2n) is 14.8. The molecule has 2 saturated heterocycles. The average molecular weight is 840 g/mol. The summed E-state index contributed by atoms with van der Waals surface area (Å²) < 4.78 is 5.06. The maximum atomic E-state index is 13.3. The molecular formula is C44H46ClN13O3. The quantitative estimate of drug-likeness (QED) is 0.138. The highest BCUT2D eigenvalue weighted by molar-refractivity contribution is 6.29. The first kappa shape index (κ1) is 40.8. The number of benzene rings is 1. The van der Waals surface area contributed by atoms with Gasteiger partial charge in [-0.1, -0.05) is 43.6 Å². The van der Waals surface area contributed by atoms with Crippen molar-refractivity contribution in [1.82, 2.24) is 34.9 Å². The maximum absolute atomic E-state index is 13.3. The highest BCUT2D eigenvalue weighted by atomic mass is 35.5. The van der Waals surface area contributed by atoms with Gasteiger partial charge in [-0.15, -0.1) is 0 Å². The number of para-hydroxylation sites is 1. The van der Waals surface area contributed by atoms with Crippen LogP contribution in [0.3, 0.4) is 0 Å². The summed E-state index contributed by atoms with van der Waals surface area (Å²) in [5.74, 6) is 2.92. The Balaban J connectivity index is 0.000000140. The SMILES string of the molecule is CCc1cnc(NC(=O)N2c3nc(-c4ccnc(C)c4)ccc3N3CC[C@H]2C3)cn1.CCc1cnc(NC(=O)Oc2ccccc2)cn1.Clc1ccc2c(n1)N[C@H]1CCN2C1. The van der Waals surface area contributed by atoms with Crippen molar-refractivity contribution in [3.63, 3.8) is 0 Å². The topological polar surface area (TPSA) is 179 Å². The molecule has 4 aliphatic heterocycles. The molecule has 2 atom stereocenters. The van der Waals surface area contributed by atoms with Gasteiger partial charge in [0.2, 0.25) is 0 Å². The largest absolute Gasteiger partial charge is 0.418 e. The minimum atomic E-state index is -0.584. The third kappa shape index (κ3) is 9.76. The van der Waals surface area contributed by atoms with Gasteiger partial charge >= 0.3 is 12.1 Å². The van der Waals surface area contributed by atoms with E-state index in [4.69, 9.17) is 21.3 Å². The number of pyridine rings is 3. The number of carbonyl (C=O) groups is 2. The first-order valence-electron chi connectivity index (χ1n) is 20.4. The van der Waals surface area contributed by atoms with Crippen molar-refractivity contribution in [3.8, 4) is 17.0 Å². The molecule has 9 heterocycles. The fourth-order valence-electron chi connectivity index (χ4n) is 7.52. The third-order valence-electron chi connectivity index (χ3n) is 10.6. The van der Waals surface area contributed by atoms with Crippen LogP contribution in [0.4, 0.5) is 44.2 Å². The van der Waals surface area contributed by atoms with Gasteiger partial charge in [-0.05, 0) is 81.1 Å². The summed E-state index contributed by atoms with van der Waals surface area (Å²) in [7, 11) is 0. The Labute approximate surface area is 358 Å². The van der Waals surface area contributed by atoms with E-state index in [1.54, 1.807) is 54.0 Å². The summed E-state index contributed by atoms with van der Waals surface area (Å²) in [6.07, 6.45) is 11.3. The molecule has 4 bridgehead atoms. The molecule has 0 aliphatic carbocycles. The van der Waals surface area contributed by atoms with E-state index in [1.807, 2.05) is 57.2 Å². The Morgan fingerprint density at radius 3 is 2.20 bits per heavy atom. The zero-order valence-corrected chi connectivity index (χ0v) is 34.9. The Morgan fingerprint density at radius 1 is 0.787 bits per heavy atom. The van der Waals surface area contributed by atoms with Crippen molar-refractivity contribution < 1.29 is 14.3 Å². The van der Waals surface area contributed by atoms with Crippen LogP contribution in [0.5, 0.6) is 5.75 Å². The molecule has 6 aromatic rings. The normalized spacial score (nSPS) is 16.4. The number of nitrogens with zero attached hydrogens (tertiary/aromatic N) is 10. The summed E-state index contributed by atoms with van der Waals surface area (Å²) in [6, 6.07) is 21.2. The van der Waals surface area contributed by atoms with Gasteiger partial charge in [-0.25, -0.2) is 29.5 Å². The first-order valence-corrected chi connectivity index (χ1v) is 20.7. The van der Waals surface area contributed by atoms with Crippen LogP contribution in [-0.2, 0) is 12.8 Å². The molecule has 16 nitrogen and oxygen atoms in total. The Hall–Kier alpha value is -6.94. The lowest BCUT2D eigenvalue weighted by Gasteiger charge is -2.35. The van der Waals surface area contributed by atoms with E-state index in [9.17, 15) is 9.59 Å². The van der Waals surface area contributed by atoms with Crippen LogP contribution in [0.15, 0.2) is 97.7 Å². The zero-order chi connectivity index (χ0) is 42.3. The predicted molar refractivity (Wildman–Crippen MR) is 237 cm³/mol. The van der Waals surface area contributed by atoms with Gasteiger partial charge in [-0.2, -0.15) is 0 Å². The summed E-state index contributed by atoms with van der Waals surface area (Å²) >= 11 is 5.82. The van der Waals surface area contributed by atoms with Crippen molar-refractivity contribution in [3.05, 3.63) is 120 Å². The second kappa shape index (κ2) is 18.5. The lowest BCUT2D eigenvalue weighted by molar-refractivity contribution is 0.215. The summed E-state index contributed by atoms with van der Waals surface area (Å²) in [6.45, 7) is 9.94. The van der Waals surface area contributed by atoms with Crippen LogP contribution in [0.2, 0.25) is 5.15 Å². The number of amides is 3. The molecule has 2 fully saturated rings. The molecule has 5 aromatic heterocycles. The first-order chi connectivity index (χ1) is 29.7. The lowest BCUT2D eigenvalue weighted by atomic mass is 10.1. The van der Waals surface area contributed by atoms with Crippen LogP contribution >= 0.6 is 11.6 Å². The Bertz CT molecular complexity index is 2480. The molecule has 3 N–H and O–H groups in total. The second-order valence-corrected chi connectivity index (χ2v) is 15.2. The molecule has 17 heteroatoms. The lowest BCUT2D eigenvalue weighted by Crippen LogP contribution is -2.48. The minimum absolute atomic E-state index is 0.0855. The number of nitrogens with one attached hydrogen (secondary N) is 3. The molecule has 312 valence electrons. The molecule has 0 saturated carbocycles. The van der Waals surface area contributed by atoms with Crippen molar-refractivity contribution in [2.24, 2.45) is 0 Å². The predicted octanol–water partition coefficient (Wildman–Crippen LogP) is 7.82. The number of anilines is 6. The van der Waals surface area contributed by atoms with E-state index in [1.165, 1.54) is 18.3 Å². The van der Waals surface area contributed by atoms with Gasteiger partial charge in [0.15, 0.2) is 23.3 Å².